The van der Waals surface area contributed by atoms with Crippen molar-refractivity contribution in [3.63, 3.8) is 0 Å². The molecule has 0 aromatic heterocycles. The molecule has 0 spiro atoms. The van der Waals surface area contributed by atoms with Gasteiger partial charge in [-0.1, -0.05) is 46.9 Å². The number of benzene rings is 1. The third-order valence-corrected chi connectivity index (χ3v) is 4.16. The number of halogens is 2. The lowest BCUT2D eigenvalue weighted by molar-refractivity contribution is -0.112. The van der Waals surface area contributed by atoms with Crippen LogP contribution >= 0.6 is 27.5 Å². The Bertz CT molecular complexity index is 422. The Balaban J connectivity index is 2.18. The predicted octanol–water partition coefficient (Wildman–Crippen LogP) is 4.32. The summed E-state index contributed by atoms with van der Waals surface area (Å²) in [6, 6.07) is 5.97. The van der Waals surface area contributed by atoms with E-state index in [1.807, 2.05) is 18.2 Å². The molecule has 2 rings (SSSR count). The molecule has 1 heterocycles. The van der Waals surface area contributed by atoms with Crippen LogP contribution in [0.2, 0.25) is 5.02 Å². The maximum Gasteiger partial charge on any atom is 0.0971 e. The van der Waals surface area contributed by atoms with E-state index in [1.54, 1.807) is 0 Å². The second-order valence-corrected chi connectivity index (χ2v) is 6.43. The zero-order valence-corrected chi connectivity index (χ0v) is 13.1. The summed E-state index contributed by atoms with van der Waals surface area (Å²) in [6.07, 6.45) is 2.22. The summed E-state index contributed by atoms with van der Waals surface area (Å²) < 4.78 is 7.26. The minimum atomic E-state index is -0.0892. The van der Waals surface area contributed by atoms with Crippen LogP contribution in [0.15, 0.2) is 22.7 Å². The van der Waals surface area contributed by atoms with E-state index in [4.69, 9.17) is 16.3 Å². The van der Waals surface area contributed by atoms with Crippen molar-refractivity contribution >= 4 is 27.5 Å². The van der Waals surface area contributed by atoms with Gasteiger partial charge in [0.15, 0.2) is 0 Å². The van der Waals surface area contributed by atoms with Crippen LogP contribution in [0.4, 0.5) is 0 Å². The molecule has 4 heteroatoms. The minimum absolute atomic E-state index is 0.0379. The molecule has 0 saturated carbocycles. The van der Waals surface area contributed by atoms with Gasteiger partial charge >= 0.3 is 0 Å². The molecule has 2 unspecified atom stereocenters. The Hall–Kier alpha value is -0.0900. The molecule has 2 atom stereocenters. The van der Waals surface area contributed by atoms with Gasteiger partial charge in [-0.15, -0.1) is 0 Å². The van der Waals surface area contributed by atoms with Gasteiger partial charge in [0.2, 0.25) is 0 Å². The van der Waals surface area contributed by atoms with Gasteiger partial charge in [-0.3, -0.25) is 0 Å². The quantitative estimate of drug-likeness (QED) is 0.890. The van der Waals surface area contributed by atoms with Crippen molar-refractivity contribution in [1.29, 1.82) is 0 Å². The highest BCUT2D eigenvalue weighted by Gasteiger charge is 2.33. The predicted molar refractivity (Wildman–Crippen MR) is 79.2 cm³/mol. The molecule has 1 aromatic rings. The first-order valence-corrected chi connectivity index (χ1v) is 7.55. The lowest BCUT2D eigenvalue weighted by Crippen LogP contribution is -2.48. The van der Waals surface area contributed by atoms with Crippen LogP contribution < -0.4 is 5.32 Å². The molecule has 100 valence electrons. The molecular weight excluding hydrogens is 314 g/mol. The van der Waals surface area contributed by atoms with Crippen molar-refractivity contribution in [3.05, 3.63) is 33.3 Å². The van der Waals surface area contributed by atoms with Crippen molar-refractivity contribution < 1.29 is 4.74 Å². The van der Waals surface area contributed by atoms with Gasteiger partial charge in [-0.05, 0) is 25.5 Å². The lowest BCUT2D eigenvalue weighted by Gasteiger charge is -2.39. The summed E-state index contributed by atoms with van der Waals surface area (Å²) in [4.78, 5) is 0. The van der Waals surface area contributed by atoms with Crippen LogP contribution in [0.25, 0.3) is 0 Å². The molecule has 0 radical (unpaired) electrons. The summed E-state index contributed by atoms with van der Waals surface area (Å²) in [7, 11) is 0. The molecule has 1 aliphatic heterocycles. The first-order valence-electron chi connectivity index (χ1n) is 6.37. The lowest BCUT2D eigenvalue weighted by atomic mass is 9.96. The fourth-order valence-corrected chi connectivity index (χ4v) is 3.30. The molecule has 1 saturated heterocycles. The number of hydrogen-bond donors (Lipinski definition) is 1. The summed E-state index contributed by atoms with van der Waals surface area (Å²) in [6.45, 7) is 6.08. The van der Waals surface area contributed by atoms with E-state index in [9.17, 15) is 0 Å². The molecule has 18 heavy (non-hydrogen) atoms. The average molecular weight is 333 g/mol. The summed E-state index contributed by atoms with van der Waals surface area (Å²) in [5, 5.41) is 4.22. The Morgan fingerprint density at radius 3 is 3.00 bits per heavy atom. The van der Waals surface area contributed by atoms with Gasteiger partial charge in [0.05, 0.1) is 11.7 Å². The minimum Gasteiger partial charge on any atom is -0.365 e. The van der Waals surface area contributed by atoms with E-state index in [1.165, 1.54) is 0 Å². The average Bonchev–Trinajstić information content (AvgIpc) is 2.28. The van der Waals surface area contributed by atoms with Crippen LogP contribution in [-0.4, -0.2) is 18.7 Å². The van der Waals surface area contributed by atoms with Crippen molar-refractivity contribution in [3.8, 4) is 0 Å². The monoisotopic (exact) mass is 331 g/mol. The van der Waals surface area contributed by atoms with E-state index < -0.39 is 0 Å². The zero-order chi connectivity index (χ0) is 13.2. The Morgan fingerprint density at radius 2 is 2.33 bits per heavy atom. The van der Waals surface area contributed by atoms with Gasteiger partial charge in [0.1, 0.15) is 0 Å². The van der Waals surface area contributed by atoms with Crippen molar-refractivity contribution in [2.24, 2.45) is 0 Å². The molecule has 1 N–H and O–H groups in total. The first-order chi connectivity index (χ1) is 8.54. The number of nitrogens with one attached hydrogen (secondary N) is 1. The van der Waals surface area contributed by atoms with Crippen molar-refractivity contribution in [2.45, 2.75) is 38.4 Å². The zero-order valence-electron chi connectivity index (χ0n) is 10.8. The molecule has 0 amide bonds. The smallest absolute Gasteiger partial charge is 0.0971 e. The standard InChI is InChI=1S/C14H19BrClNO/c1-3-6-14(2)9-17-8-13(18-14)11-5-4-10(15)7-12(11)16/h4-5,7,13,17H,3,6,8-9H2,1-2H3. The fraction of sp³-hybridized carbons (Fsp3) is 0.571. The molecule has 0 bridgehead atoms. The second-order valence-electron chi connectivity index (χ2n) is 5.10. The van der Waals surface area contributed by atoms with Crippen molar-refractivity contribution in [1.82, 2.24) is 5.32 Å². The van der Waals surface area contributed by atoms with Crippen LogP contribution in [0.5, 0.6) is 0 Å². The Morgan fingerprint density at radius 1 is 1.56 bits per heavy atom. The van der Waals surface area contributed by atoms with Crippen molar-refractivity contribution in [2.75, 3.05) is 13.1 Å². The van der Waals surface area contributed by atoms with Gasteiger partial charge in [-0.2, -0.15) is 0 Å². The van der Waals surface area contributed by atoms with Gasteiger partial charge in [0, 0.05) is 28.1 Å². The molecule has 0 aliphatic carbocycles. The Labute approximate surface area is 122 Å². The first kappa shape index (κ1) is 14.3. The van der Waals surface area contributed by atoms with Crippen LogP contribution in [0, 0.1) is 0 Å². The third kappa shape index (κ3) is 3.27. The Kier molecular flexibility index (Phi) is 4.70. The van der Waals surface area contributed by atoms with Gasteiger partial charge < -0.3 is 10.1 Å². The third-order valence-electron chi connectivity index (χ3n) is 3.34. The molecular formula is C14H19BrClNO. The highest BCUT2D eigenvalue weighted by molar-refractivity contribution is 9.10. The van der Waals surface area contributed by atoms with E-state index in [0.717, 1.165) is 41.0 Å². The molecule has 1 aliphatic rings. The topological polar surface area (TPSA) is 21.3 Å². The van der Waals surface area contributed by atoms with E-state index >= 15 is 0 Å². The number of ether oxygens (including phenoxy) is 1. The van der Waals surface area contributed by atoms with Crippen LogP contribution in [-0.2, 0) is 4.74 Å². The number of rotatable bonds is 3. The molecule has 1 fully saturated rings. The normalized spacial score (nSPS) is 28.3. The van der Waals surface area contributed by atoms with E-state index in [2.05, 4.69) is 35.1 Å². The van der Waals surface area contributed by atoms with Gasteiger partial charge in [0.25, 0.3) is 0 Å². The fourth-order valence-electron chi connectivity index (χ4n) is 2.51. The number of morpholine rings is 1. The summed E-state index contributed by atoms with van der Waals surface area (Å²) in [5.41, 5.74) is 0.975. The SMILES string of the molecule is CCCC1(C)CNCC(c2ccc(Br)cc2Cl)O1. The van der Waals surface area contributed by atoms with Crippen LogP contribution in [0.1, 0.15) is 38.4 Å². The van der Waals surface area contributed by atoms with Gasteiger partial charge in [-0.25, -0.2) is 0 Å². The molecule has 2 nitrogen and oxygen atoms in total. The largest absolute Gasteiger partial charge is 0.365 e. The number of hydrogen-bond acceptors (Lipinski definition) is 2. The molecule has 1 aromatic carbocycles. The highest BCUT2D eigenvalue weighted by atomic mass is 79.9. The summed E-state index contributed by atoms with van der Waals surface area (Å²) >= 11 is 9.72. The maximum absolute atomic E-state index is 6.30. The second kappa shape index (κ2) is 5.91. The van der Waals surface area contributed by atoms with Crippen LogP contribution in [0.3, 0.4) is 0 Å². The maximum atomic E-state index is 6.30. The van der Waals surface area contributed by atoms with E-state index in [-0.39, 0.29) is 11.7 Å². The summed E-state index contributed by atoms with van der Waals surface area (Å²) in [5.74, 6) is 0. The highest BCUT2D eigenvalue weighted by Crippen LogP contribution is 2.34. The van der Waals surface area contributed by atoms with E-state index in [0.29, 0.717) is 0 Å².